The summed E-state index contributed by atoms with van der Waals surface area (Å²) in [6, 6.07) is 13.8. The van der Waals surface area contributed by atoms with Gasteiger partial charge >= 0.3 is 0 Å². The standard InChI is InChI=1S/C26H35N3O6S.ClH/c1-18(2)25(30)27-21-11-9-20(10-12-21)24(26(31)28-32)29(17-19-7-5-4-6-8-19)36(33,34)23-15-13-22(35-3)14-16-23;/h4-8,13-16,18,20-21,24,32H,9-12,17H2,1-3H3,(H,27,30)(H,28,31);1H/t20?,21?,24-;/m1./s1. The average molecular weight is 554 g/mol. The minimum absolute atomic E-state index is 0. The molecule has 37 heavy (non-hydrogen) atoms. The predicted molar refractivity (Wildman–Crippen MR) is 142 cm³/mol. The maximum absolute atomic E-state index is 13.9. The number of hydroxylamine groups is 1. The van der Waals surface area contributed by atoms with E-state index in [-0.39, 0.29) is 47.6 Å². The van der Waals surface area contributed by atoms with Gasteiger partial charge in [0.15, 0.2) is 0 Å². The molecule has 0 spiro atoms. The number of benzene rings is 2. The maximum Gasteiger partial charge on any atom is 0.262 e. The number of hydrogen-bond acceptors (Lipinski definition) is 6. The molecule has 3 N–H and O–H groups in total. The molecule has 2 amide bonds. The third-order valence-electron chi connectivity index (χ3n) is 6.63. The highest BCUT2D eigenvalue weighted by atomic mass is 35.5. The van der Waals surface area contributed by atoms with Crippen LogP contribution in [0, 0.1) is 11.8 Å². The molecule has 3 rings (SSSR count). The fraction of sp³-hybridized carbons (Fsp3) is 0.462. The van der Waals surface area contributed by atoms with Crippen LogP contribution in [0.15, 0.2) is 59.5 Å². The number of ether oxygens (including phenoxy) is 1. The van der Waals surface area contributed by atoms with Crippen molar-refractivity contribution in [2.75, 3.05) is 7.11 Å². The number of halogens is 1. The Morgan fingerprint density at radius 3 is 2.11 bits per heavy atom. The first-order valence-corrected chi connectivity index (χ1v) is 13.6. The topological polar surface area (TPSA) is 125 Å². The molecular formula is C26H36ClN3O6S. The monoisotopic (exact) mass is 553 g/mol. The van der Waals surface area contributed by atoms with Gasteiger partial charge in [-0.1, -0.05) is 44.2 Å². The summed E-state index contributed by atoms with van der Waals surface area (Å²) in [5.74, 6) is -0.781. The van der Waals surface area contributed by atoms with E-state index < -0.39 is 22.0 Å². The fourth-order valence-electron chi connectivity index (χ4n) is 4.57. The zero-order chi connectivity index (χ0) is 26.3. The van der Waals surface area contributed by atoms with Crippen LogP contribution in [0.4, 0.5) is 0 Å². The number of carbonyl (C=O) groups is 2. The van der Waals surface area contributed by atoms with Gasteiger partial charge in [-0.3, -0.25) is 14.8 Å². The molecule has 1 saturated carbocycles. The summed E-state index contributed by atoms with van der Waals surface area (Å²) in [5.41, 5.74) is 2.41. The van der Waals surface area contributed by atoms with E-state index in [2.05, 4.69) is 5.32 Å². The van der Waals surface area contributed by atoms with Gasteiger partial charge in [-0.05, 0) is 61.4 Å². The number of sulfonamides is 1. The highest BCUT2D eigenvalue weighted by Crippen LogP contribution is 2.34. The molecule has 1 fully saturated rings. The lowest BCUT2D eigenvalue weighted by Gasteiger charge is -2.38. The second kappa shape index (κ2) is 13.8. The Balaban J connectivity index is 0.00000481. The third kappa shape index (κ3) is 7.67. The molecule has 1 atom stereocenters. The van der Waals surface area contributed by atoms with Crippen molar-refractivity contribution in [2.45, 2.75) is 63.1 Å². The van der Waals surface area contributed by atoms with Crippen LogP contribution >= 0.6 is 12.4 Å². The predicted octanol–water partition coefficient (Wildman–Crippen LogP) is 3.51. The molecule has 0 bridgehead atoms. The van der Waals surface area contributed by atoms with E-state index in [0.717, 1.165) is 0 Å². The Morgan fingerprint density at radius 1 is 1.00 bits per heavy atom. The second-order valence-corrected chi connectivity index (χ2v) is 11.3. The van der Waals surface area contributed by atoms with Gasteiger partial charge in [-0.2, -0.15) is 4.31 Å². The summed E-state index contributed by atoms with van der Waals surface area (Å²) in [7, 11) is -2.64. The molecule has 2 aromatic carbocycles. The Labute approximate surface area is 225 Å². The fourth-order valence-corrected chi connectivity index (χ4v) is 6.21. The van der Waals surface area contributed by atoms with Crippen LogP contribution in [-0.2, 0) is 26.2 Å². The molecule has 0 unspecified atom stereocenters. The smallest absolute Gasteiger partial charge is 0.262 e. The number of amides is 2. The van der Waals surface area contributed by atoms with Crippen LogP contribution in [0.5, 0.6) is 5.75 Å². The molecule has 0 aromatic heterocycles. The van der Waals surface area contributed by atoms with E-state index in [4.69, 9.17) is 4.74 Å². The van der Waals surface area contributed by atoms with E-state index in [1.807, 2.05) is 19.9 Å². The molecule has 0 radical (unpaired) electrons. The first kappa shape index (κ1) is 30.6. The second-order valence-electron chi connectivity index (χ2n) is 9.41. The molecule has 9 nitrogen and oxygen atoms in total. The largest absolute Gasteiger partial charge is 0.497 e. The Hall–Kier alpha value is -2.66. The SMILES string of the molecule is COc1ccc(S(=O)(=O)N(Cc2ccccc2)[C@@H](C(=O)NO)C2CCC(NC(=O)C(C)C)CC2)cc1.Cl. The number of hydrogen-bond donors (Lipinski definition) is 3. The summed E-state index contributed by atoms with van der Waals surface area (Å²) in [6.07, 6.45) is 2.26. The minimum Gasteiger partial charge on any atom is -0.497 e. The highest BCUT2D eigenvalue weighted by Gasteiger charge is 2.42. The first-order valence-electron chi connectivity index (χ1n) is 12.1. The lowest BCUT2D eigenvalue weighted by atomic mass is 9.81. The Morgan fingerprint density at radius 2 is 1.59 bits per heavy atom. The van der Waals surface area contributed by atoms with Crippen molar-refractivity contribution < 1.29 is 28.0 Å². The van der Waals surface area contributed by atoms with Crippen molar-refractivity contribution in [2.24, 2.45) is 11.8 Å². The zero-order valence-electron chi connectivity index (χ0n) is 21.3. The van der Waals surface area contributed by atoms with Crippen molar-refractivity contribution in [1.29, 1.82) is 0 Å². The van der Waals surface area contributed by atoms with Gasteiger partial charge in [0.2, 0.25) is 15.9 Å². The van der Waals surface area contributed by atoms with Crippen molar-refractivity contribution in [3.8, 4) is 5.75 Å². The summed E-state index contributed by atoms with van der Waals surface area (Å²) in [4.78, 5) is 25.2. The van der Waals surface area contributed by atoms with Crippen LogP contribution in [-0.4, -0.2) is 48.9 Å². The normalized spacial score (nSPS) is 18.5. The molecule has 2 aromatic rings. The average Bonchev–Trinajstić information content (AvgIpc) is 2.89. The van der Waals surface area contributed by atoms with Gasteiger partial charge < -0.3 is 10.1 Å². The van der Waals surface area contributed by atoms with Crippen molar-refractivity contribution in [1.82, 2.24) is 15.1 Å². The first-order chi connectivity index (χ1) is 17.2. The number of nitrogens with zero attached hydrogens (tertiary/aromatic N) is 1. The molecule has 0 heterocycles. The zero-order valence-corrected chi connectivity index (χ0v) is 22.9. The minimum atomic E-state index is -4.14. The lowest BCUT2D eigenvalue weighted by molar-refractivity contribution is -0.136. The quantitative estimate of drug-likeness (QED) is 0.305. The Bertz CT molecular complexity index is 1120. The highest BCUT2D eigenvalue weighted by molar-refractivity contribution is 7.89. The van der Waals surface area contributed by atoms with Crippen LogP contribution < -0.4 is 15.5 Å². The van der Waals surface area contributed by atoms with E-state index in [9.17, 15) is 23.2 Å². The van der Waals surface area contributed by atoms with Gasteiger partial charge in [-0.25, -0.2) is 13.9 Å². The number of rotatable bonds is 10. The van der Waals surface area contributed by atoms with Gasteiger partial charge in [0.05, 0.1) is 12.0 Å². The van der Waals surface area contributed by atoms with Gasteiger partial charge in [0, 0.05) is 18.5 Å². The molecule has 11 heteroatoms. The van der Waals surface area contributed by atoms with Crippen LogP contribution in [0.2, 0.25) is 0 Å². The maximum atomic E-state index is 13.9. The summed E-state index contributed by atoms with van der Waals surface area (Å²) >= 11 is 0. The number of nitrogens with one attached hydrogen (secondary N) is 2. The van der Waals surface area contributed by atoms with Crippen LogP contribution in [0.3, 0.4) is 0 Å². The van der Waals surface area contributed by atoms with Crippen LogP contribution in [0.1, 0.15) is 45.1 Å². The van der Waals surface area contributed by atoms with Gasteiger partial charge in [0.1, 0.15) is 11.8 Å². The molecular weight excluding hydrogens is 518 g/mol. The molecule has 1 aliphatic carbocycles. The van der Waals surface area contributed by atoms with E-state index in [1.54, 1.807) is 41.9 Å². The van der Waals surface area contributed by atoms with E-state index >= 15 is 0 Å². The third-order valence-corrected chi connectivity index (χ3v) is 8.47. The van der Waals surface area contributed by atoms with Crippen LogP contribution in [0.25, 0.3) is 0 Å². The summed E-state index contributed by atoms with van der Waals surface area (Å²) in [6.45, 7) is 3.61. The van der Waals surface area contributed by atoms with Crippen molar-refractivity contribution in [3.63, 3.8) is 0 Å². The van der Waals surface area contributed by atoms with E-state index in [0.29, 0.717) is 37.0 Å². The number of carbonyl (C=O) groups excluding carboxylic acids is 2. The van der Waals surface area contributed by atoms with Crippen molar-refractivity contribution in [3.05, 3.63) is 60.2 Å². The molecule has 1 aliphatic rings. The Kier molecular flexibility index (Phi) is 11.4. The lowest BCUT2D eigenvalue weighted by Crippen LogP contribution is -2.53. The van der Waals surface area contributed by atoms with E-state index in [1.165, 1.54) is 23.5 Å². The summed E-state index contributed by atoms with van der Waals surface area (Å²) in [5, 5.41) is 12.6. The molecule has 0 aliphatic heterocycles. The summed E-state index contributed by atoms with van der Waals surface area (Å²) < 4.78 is 34.1. The molecule has 0 saturated heterocycles. The van der Waals surface area contributed by atoms with Gasteiger partial charge in [0.25, 0.3) is 5.91 Å². The number of methoxy groups -OCH3 is 1. The molecule has 204 valence electrons. The van der Waals surface area contributed by atoms with Gasteiger partial charge in [-0.15, -0.1) is 12.4 Å². The van der Waals surface area contributed by atoms with Crippen molar-refractivity contribution >= 4 is 34.2 Å².